The summed E-state index contributed by atoms with van der Waals surface area (Å²) in [6, 6.07) is 0. The third kappa shape index (κ3) is 6.43. The van der Waals surface area contributed by atoms with Crippen LogP contribution >= 0.6 is 0 Å². The zero-order valence-electron chi connectivity index (χ0n) is 12.7. The molecule has 0 aromatic heterocycles. The van der Waals surface area contributed by atoms with Crippen molar-refractivity contribution in [2.24, 2.45) is 4.99 Å². The van der Waals surface area contributed by atoms with Gasteiger partial charge in [-0.25, -0.2) is 4.99 Å². The largest absolute Gasteiger partial charge is 0.484 e. The molecule has 2 heteroatoms. The summed E-state index contributed by atoms with van der Waals surface area (Å²) in [7, 11) is 1.66. The number of ether oxygens (including phenoxy) is 1. The lowest BCUT2D eigenvalue weighted by Gasteiger charge is -2.08. The van der Waals surface area contributed by atoms with Gasteiger partial charge in [0.15, 0.2) is 5.90 Å². The number of hydrogen-bond donors (Lipinski definition) is 0. The van der Waals surface area contributed by atoms with Crippen LogP contribution in [0, 0.1) is 0 Å². The lowest BCUT2D eigenvalue weighted by atomic mass is 10.1. The van der Waals surface area contributed by atoms with Gasteiger partial charge in [-0.3, -0.25) is 0 Å². The van der Waals surface area contributed by atoms with Gasteiger partial charge in [0.25, 0.3) is 0 Å². The predicted octanol–water partition coefficient (Wildman–Crippen LogP) is 5.04. The fourth-order valence-corrected chi connectivity index (χ4v) is 1.46. The predicted molar refractivity (Wildman–Crippen MR) is 80.9 cm³/mol. The Hall–Kier alpha value is -1.31. The number of rotatable bonds is 6. The van der Waals surface area contributed by atoms with Crippen LogP contribution in [0.25, 0.3) is 0 Å². The van der Waals surface area contributed by atoms with Gasteiger partial charge >= 0.3 is 0 Å². The van der Waals surface area contributed by atoms with Crippen LogP contribution in [-0.4, -0.2) is 13.0 Å². The van der Waals surface area contributed by atoms with Gasteiger partial charge < -0.3 is 4.74 Å². The maximum atomic E-state index is 5.15. The number of allylic oxidation sites excluding steroid dienone is 5. The molecule has 0 aromatic rings. The quantitative estimate of drug-likeness (QED) is 0.367. The summed E-state index contributed by atoms with van der Waals surface area (Å²) in [4.78, 5) is 4.55. The third-order valence-corrected chi connectivity index (χ3v) is 2.77. The summed E-state index contributed by atoms with van der Waals surface area (Å²) in [5.74, 6) is 0.704. The van der Waals surface area contributed by atoms with E-state index in [-0.39, 0.29) is 0 Å². The third-order valence-electron chi connectivity index (χ3n) is 2.77. The van der Waals surface area contributed by atoms with E-state index >= 15 is 0 Å². The molecule has 0 saturated carbocycles. The van der Waals surface area contributed by atoms with Gasteiger partial charge in [-0.1, -0.05) is 44.1 Å². The van der Waals surface area contributed by atoms with Crippen LogP contribution in [0.1, 0.15) is 53.9 Å². The van der Waals surface area contributed by atoms with Crippen LogP contribution in [0.5, 0.6) is 0 Å². The first kappa shape index (κ1) is 16.7. The van der Waals surface area contributed by atoms with Crippen molar-refractivity contribution in [1.29, 1.82) is 0 Å². The van der Waals surface area contributed by atoms with Crippen molar-refractivity contribution in [3.63, 3.8) is 0 Å². The minimum Gasteiger partial charge on any atom is -0.484 e. The molecule has 0 heterocycles. The van der Waals surface area contributed by atoms with Crippen LogP contribution < -0.4 is 0 Å². The van der Waals surface area contributed by atoms with Crippen molar-refractivity contribution in [3.05, 3.63) is 35.1 Å². The van der Waals surface area contributed by atoms with E-state index in [1.54, 1.807) is 7.11 Å². The van der Waals surface area contributed by atoms with Gasteiger partial charge in [0.1, 0.15) is 0 Å². The molecule has 0 rings (SSSR count). The molecule has 0 aliphatic carbocycles. The van der Waals surface area contributed by atoms with Gasteiger partial charge in [0.05, 0.1) is 12.8 Å². The van der Waals surface area contributed by atoms with E-state index in [0.29, 0.717) is 5.90 Å². The standard InChI is InChI=1S/C16H27NO/c1-7-10-11-16(17-14(5)18-6)15(9-3)12-13(4)8-2/h8,11-12H,7,9-10H2,1-6H3/b13-8-,15-12-,16-11?,17-14+. The van der Waals surface area contributed by atoms with E-state index in [9.17, 15) is 0 Å². The Morgan fingerprint density at radius 1 is 1.22 bits per heavy atom. The zero-order valence-corrected chi connectivity index (χ0v) is 12.7. The molecule has 0 amide bonds. The minimum absolute atomic E-state index is 0.704. The smallest absolute Gasteiger partial charge is 0.184 e. The fourth-order valence-electron chi connectivity index (χ4n) is 1.46. The second-order valence-electron chi connectivity index (χ2n) is 4.27. The molecule has 0 saturated heterocycles. The molecule has 0 N–H and O–H groups in total. The molecule has 0 aliphatic rings. The molecule has 0 aromatic carbocycles. The Morgan fingerprint density at radius 2 is 1.89 bits per heavy atom. The van der Waals surface area contributed by atoms with Crippen LogP contribution in [0.2, 0.25) is 0 Å². The fraction of sp³-hybridized carbons (Fsp3) is 0.562. The first-order valence-corrected chi connectivity index (χ1v) is 6.72. The summed E-state index contributed by atoms with van der Waals surface area (Å²) in [5.41, 5.74) is 3.56. The Labute approximate surface area is 112 Å². The van der Waals surface area contributed by atoms with Gasteiger partial charge in [-0.05, 0) is 32.3 Å². The first-order valence-electron chi connectivity index (χ1n) is 6.72. The van der Waals surface area contributed by atoms with E-state index in [0.717, 1.165) is 25.0 Å². The molecule has 0 fully saturated rings. The average Bonchev–Trinajstić information content (AvgIpc) is 2.40. The van der Waals surface area contributed by atoms with Gasteiger partial charge in [-0.15, -0.1) is 0 Å². The molecule has 0 radical (unpaired) electrons. The number of hydrogen-bond acceptors (Lipinski definition) is 2. The van der Waals surface area contributed by atoms with Crippen molar-refractivity contribution in [2.45, 2.75) is 53.9 Å². The van der Waals surface area contributed by atoms with Gasteiger partial charge in [0, 0.05) is 6.92 Å². The summed E-state index contributed by atoms with van der Waals surface area (Å²) >= 11 is 0. The highest BCUT2D eigenvalue weighted by Gasteiger charge is 2.03. The highest BCUT2D eigenvalue weighted by molar-refractivity contribution is 5.74. The second kappa shape index (κ2) is 9.69. The normalized spacial score (nSPS) is 15.0. The summed E-state index contributed by atoms with van der Waals surface area (Å²) in [6.45, 7) is 10.4. The Balaban J connectivity index is 5.34. The number of aliphatic imine (C=N–C) groups is 1. The highest BCUT2D eigenvalue weighted by atomic mass is 16.5. The lowest BCUT2D eigenvalue weighted by Crippen LogP contribution is -1.97. The number of unbranched alkanes of at least 4 members (excludes halogenated alkanes) is 1. The molecule has 2 nitrogen and oxygen atoms in total. The highest BCUT2D eigenvalue weighted by Crippen LogP contribution is 2.19. The van der Waals surface area contributed by atoms with Crippen molar-refractivity contribution in [3.8, 4) is 0 Å². The van der Waals surface area contributed by atoms with E-state index < -0.39 is 0 Å². The van der Waals surface area contributed by atoms with E-state index in [1.165, 1.54) is 11.1 Å². The van der Waals surface area contributed by atoms with Crippen LogP contribution in [0.4, 0.5) is 0 Å². The van der Waals surface area contributed by atoms with Crippen molar-refractivity contribution in [2.75, 3.05) is 7.11 Å². The average molecular weight is 249 g/mol. The Morgan fingerprint density at radius 3 is 2.33 bits per heavy atom. The SMILES string of the molecule is C/C=C(C)\C=C(\CC)C(=CCCC)/N=C(\C)OC. The molecular weight excluding hydrogens is 222 g/mol. The minimum atomic E-state index is 0.704. The molecular formula is C16H27NO. The Kier molecular flexibility index (Phi) is 8.99. The van der Waals surface area contributed by atoms with Crippen LogP contribution in [0.15, 0.2) is 40.1 Å². The van der Waals surface area contributed by atoms with Crippen LogP contribution in [0.3, 0.4) is 0 Å². The van der Waals surface area contributed by atoms with E-state index in [4.69, 9.17) is 4.74 Å². The number of nitrogens with zero attached hydrogens (tertiary/aromatic N) is 1. The Bertz CT molecular complexity index is 359. The molecule has 0 spiro atoms. The van der Waals surface area contributed by atoms with Crippen LogP contribution in [-0.2, 0) is 4.74 Å². The summed E-state index contributed by atoms with van der Waals surface area (Å²) in [6.07, 6.45) is 9.66. The molecule has 0 unspecified atom stereocenters. The number of methoxy groups -OCH3 is 1. The molecule has 0 atom stereocenters. The molecule has 18 heavy (non-hydrogen) atoms. The molecule has 0 aliphatic heterocycles. The topological polar surface area (TPSA) is 21.6 Å². The zero-order chi connectivity index (χ0) is 14.0. The van der Waals surface area contributed by atoms with Crippen molar-refractivity contribution in [1.82, 2.24) is 0 Å². The molecule has 102 valence electrons. The first-order chi connectivity index (χ1) is 8.58. The maximum absolute atomic E-state index is 5.15. The summed E-state index contributed by atoms with van der Waals surface area (Å²) < 4.78 is 5.15. The van der Waals surface area contributed by atoms with Gasteiger partial charge in [0.2, 0.25) is 0 Å². The molecule has 0 bridgehead atoms. The van der Waals surface area contributed by atoms with Crippen molar-refractivity contribution >= 4 is 5.90 Å². The van der Waals surface area contributed by atoms with Crippen molar-refractivity contribution < 1.29 is 4.74 Å². The monoisotopic (exact) mass is 249 g/mol. The second-order valence-corrected chi connectivity index (χ2v) is 4.27. The van der Waals surface area contributed by atoms with Gasteiger partial charge in [-0.2, -0.15) is 0 Å². The van der Waals surface area contributed by atoms with E-state index in [1.807, 2.05) is 6.92 Å². The summed E-state index contributed by atoms with van der Waals surface area (Å²) in [5, 5.41) is 0. The maximum Gasteiger partial charge on any atom is 0.184 e. The van der Waals surface area contributed by atoms with E-state index in [2.05, 4.69) is 50.9 Å². The lowest BCUT2D eigenvalue weighted by molar-refractivity contribution is 0.399.